The van der Waals surface area contributed by atoms with Gasteiger partial charge < -0.3 is 9.47 Å². The Kier molecular flexibility index (Phi) is 6.50. The monoisotopic (exact) mass is 442 g/mol. The SMILES string of the molecule is COc1cccc([C@H](C#N)c2nc(CC(C)C)nc3c2nnn3Cc2ccccc2)c1OC. The summed E-state index contributed by atoms with van der Waals surface area (Å²) in [6.07, 6.45) is 0.673. The van der Waals surface area contributed by atoms with Crippen molar-refractivity contribution in [2.75, 3.05) is 14.2 Å². The van der Waals surface area contributed by atoms with Gasteiger partial charge in [0.2, 0.25) is 0 Å². The van der Waals surface area contributed by atoms with Crippen LogP contribution in [0.5, 0.6) is 11.5 Å². The first-order valence-corrected chi connectivity index (χ1v) is 10.8. The standard InChI is InChI=1S/C25H26N6O2/c1-16(2)13-21-27-22(19(14-26)18-11-8-12-20(32-3)24(18)33-4)23-25(28-21)31(30-29-23)15-17-9-6-5-7-10-17/h5-12,16,19H,13,15H2,1-4H3/t19-/m0/s1. The van der Waals surface area contributed by atoms with Gasteiger partial charge in [-0.3, -0.25) is 0 Å². The number of nitriles is 1. The van der Waals surface area contributed by atoms with Crippen molar-refractivity contribution in [3.63, 3.8) is 0 Å². The first-order valence-electron chi connectivity index (χ1n) is 10.8. The van der Waals surface area contributed by atoms with Gasteiger partial charge in [-0.25, -0.2) is 14.6 Å². The average Bonchev–Trinajstić information content (AvgIpc) is 3.22. The largest absolute Gasteiger partial charge is 0.493 e. The van der Waals surface area contributed by atoms with Crippen molar-refractivity contribution in [3.8, 4) is 17.6 Å². The predicted octanol–water partition coefficient (Wildman–Crippen LogP) is 4.14. The number of methoxy groups -OCH3 is 2. The lowest BCUT2D eigenvalue weighted by atomic mass is 9.94. The molecule has 0 radical (unpaired) electrons. The van der Waals surface area contributed by atoms with Crippen molar-refractivity contribution in [1.82, 2.24) is 25.0 Å². The molecule has 0 aliphatic heterocycles. The number of para-hydroxylation sites is 1. The molecule has 2 heterocycles. The number of ether oxygens (including phenoxy) is 2. The van der Waals surface area contributed by atoms with Crippen LogP contribution in [-0.2, 0) is 13.0 Å². The molecule has 0 saturated carbocycles. The van der Waals surface area contributed by atoms with E-state index in [1.807, 2.05) is 42.5 Å². The number of benzene rings is 2. The van der Waals surface area contributed by atoms with Crippen LogP contribution in [-0.4, -0.2) is 39.2 Å². The fraction of sp³-hybridized carbons (Fsp3) is 0.320. The highest BCUT2D eigenvalue weighted by atomic mass is 16.5. The van der Waals surface area contributed by atoms with Crippen LogP contribution in [0.3, 0.4) is 0 Å². The van der Waals surface area contributed by atoms with E-state index in [-0.39, 0.29) is 0 Å². The van der Waals surface area contributed by atoms with Gasteiger partial charge in [-0.1, -0.05) is 61.5 Å². The van der Waals surface area contributed by atoms with Crippen LogP contribution in [0.1, 0.15) is 42.4 Å². The molecule has 0 unspecified atom stereocenters. The third-order valence-electron chi connectivity index (χ3n) is 5.35. The molecule has 4 rings (SSSR count). The van der Waals surface area contributed by atoms with Gasteiger partial charge in [0.1, 0.15) is 11.7 Å². The Bertz CT molecular complexity index is 1290. The van der Waals surface area contributed by atoms with E-state index in [1.54, 1.807) is 25.0 Å². The minimum Gasteiger partial charge on any atom is -0.493 e. The summed E-state index contributed by atoms with van der Waals surface area (Å²) in [7, 11) is 3.13. The topological polar surface area (TPSA) is 98.7 Å². The Balaban J connectivity index is 1.90. The Hall–Kier alpha value is -3.99. The molecule has 2 aromatic heterocycles. The van der Waals surface area contributed by atoms with Crippen LogP contribution in [0.15, 0.2) is 48.5 Å². The quantitative estimate of drug-likeness (QED) is 0.404. The molecule has 0 bridgehead atoms. The fourth-order valence-electron chi connectivity index (χ4n) is 3.86. The highest BCUT2D eigenvalue weighted by Gasteiger charge is 2.27. The number of hydrogen-bond acceptors (Lipinski definition) is 7. The summed E-state index contributed by atoms with van der Waals surface area (Å²) in [4.78, 5) is 9.57. The Morgan fingerprint density at radius 2 is 1.79 bits per heavy atom. The third-order valence-corrected chi connectivity index (χ3v) is 5.35. The average molecular weight is 443 g/mol. The number of aromatic nitrogens is 5. The molecule has 1 atom stereocenters. The summed E-state index contributed by atoms with van der Waals surface area (Å²) in [5, 5.41) is 19.0. The maximum absolute atomic E-state index is 10.2. The van der Waals surface area contributed by atoms with Crippen molar-refractivity contribution in [3.05, 3.63) is 71.2 Å². The van der Waals surface area contributed by atoms with E-state index in [1.165, 1.54) is 0 Å². The number of nitrogens with zero attached hydrogens (tertiary/aromatic N) is 6. The Morgan fingerprint density at radius 1 is 1.00 bits per heavy atom. The molecule has 0 fully saturated rings. The molecule has 2 aromatic carbocycles. The van der Waals surface area contributed by atoms with E-state index in [0.29, 0.717) is 58.6 Å². The molecule has 168 valence electrons. The summed E-state index contributed by atoms with van der Waals surface area (Å²) in [5.41, 5.74) is 3.38. The molecule has 0 saturated heterocycles. The van der Waals surface area contributed by atoms with E-state index in [0.717, 1.165) is 5.56 Å². The second-order valence-corrected chi connectivity index (χ2v) is 8.17. The maximum Gasteiger partial charge on any atom is 0.182 e. The second-order valence-electron chi connectivity index (χ2n) is 8.17. The minimum atomic E-state index is -0.728. The molecule has 0 N–H and O–H groups in total. The number of fused-ring (bicyclic) bond motifs is 1. The molecule has 33 heavy (non-hydrogen) atoms. The van der Waals surface area contributed by atoms with Crippen molar-refractivity contribution in [1.29, 1.82) is 5.26 Å². The van der Waals surface area contributed by atoms with Gasteiger partial charge >= 0.3 is 0 Å². The molecule has 0 aliphatic rings. The minimum absolute atomic E-state index is 0.348. The van der Waals surface area contributed by atoms with Crippen LogP contribution in [0, 0.1) is 17.2 Å². The van der Waals surface area contributed by atoms with Gasteiger partial charge in [-0.15, -0.1) is 5.10 Å². The second kappa shape index (κ2) is 9.65. The molecular formula is C25H26N6O2. The summed E-state index contributed by atoms with van der Waals surface area (Å²) in [6, 6.07) is 17.9. The molecule has 0 aliphatic carbocycles. The van der Waals surface area contributed by atoms with Gasteiger partial charge in [-0.2, -0.15) is 5.26 Å². The smallest absolute Gasteiger partial charge is 0.182 e. The van der Waals surface area contributed by atoms with E-state index >= 15 is 0 Å². The van der Waals surface area contributed by atoms with Gasteiger partial charge in [0.15, 0.2) is 22.7 Å². The van der Waals surface area contributed by atoms with Crippen molar-refractivity contribution in [2.45, 2.75) is 32.7 Å². The zero-order chi connectivity index (χ0) is 23.4. The van der Waals surface area contributed by atoms with Crippen molar-refractivity contribution >= 4 is 11.2 Å². The van der Waals surface area contributed by atoms with E-state index in [9.17, 15) is 5.26 Å². The van der Waals surface area contributed by atoms with Gasteiger partial charge in [0, 0.05) is 12.0 Å². The van der Waals surface area contributed by atoms with E-state index in [2.05, 4.69) is 30.2 Å². The normalized spacial score (nSPS) is 12.0. The van der Waals surface area contributed by atoms with Crippen LogP contribution >= 0.6 is 0 Å². The van der Waals surface area contributed by atoms with Gasteiger partial charge in [0.05, 0.1) is 32.5 Å². The third kappa shape index (κ3) is 4.48. The van der Waals surface area contributed by atoms with Gasteiger partial charge in [-0.05, 0) is 17.5 Å². The summed E-state index contributed by atoms with van der Waals surface area (Å²) >= 11 is 0. The highest BCUT2D eigenvalue weighted by Crippen LogP contribution is 2.39. The van der Waals surface area contributed by atoms with Crippen molar-refractivity contribution in [2.24, 2.45) is 5.92 Å². The lowest BCUT2D eigenvalue weighted by Gasteiger charge is -2.17. The lowest BCUT2D eigenvalue weighted by Crippen LogP contribution is -2.11. The molecule has 8 heteroatoms. The lowest BCUT2D eigenvalue weighted by molar-refractivity contribution is 0.351. The molecule has 4 aromatic rings. The van der Waals surface area contributed by atoms with E-state index in [4.69, 9.17) is 19.4 Å². The molecule has 0 spiro atoms. The zero-order valence-corrected chi connectivity index (χ0v) is 19.2. The van der Waals surface area contributed by atoms with E-state index < -0.39 is 5.92 Å². The highest BCUT2D eigenvalue weighted by molar-refractivity contribution is 5.75. The fourth-order valence-corrected chi connectivity index (χ4v) is 3.86. The molecule has 0 amide bonds. The first-order chi connectivity index (χ1) is 16.0. The van der Waals surface area contributed by atoms with Crippen LogP contribution in [0.25, 0.3) is 11.2 Å². The first kappa shape index (κ1) is 22.2. The number of rotatable bonds is 8. The number of hydrogen-bond donors (Lipinski definition) is 0. The van der Waals surface area contributed by atoms with Crippen LogP contribution in [0.2, 0.25) is 0 Å². The molecule has 8 nitrogen and oxygen atoms in total. The Morgan fingerprint density at radius 3 is 2.45 bits per heavy atom. The Labute approximate surface area is 192 Å². The summed E-state index contributed by atoms with van der Waals surface area (Å²) in [6.45, 7) is 4.74. The maximum atomic E-state index is 10.2. The summed E-state index contributed by atoms with van der Waals surface area (Å²) < 4.78 is 12.8. The summed E-state index contributed by atoms with van der Waals surface area (Å²) in [5.74, 6) is 1.33. The van der Waals surface area contributed by atoms with Gasteiger partial charge in [0.25, 0.3) is 0 Å². The predicted molar refractivity (Wildman–Crippen MR) is 124 cm³/mol. The molecular weight excluding hydrogens is 416 g/mol. The zero-order valence-electron chi connectivity index (χ0n) is 19.2. The van der Waals surface area contributed by atoms with Crippen LogP contribution in [0.4, 0.5) is 0 Å². The van der Waals surface area contributed by atoms with Crippen molar-refractivity contribution < 1.29 is 9.47 Å². The van der Waals surface area contributed by atoms with Crippen LogP contribution < -0.4 is 9.47 Å².